The molecule has 1 fully saturated rings. The summed E-state index contributed by atoms with van der Waals surface area (Å²) in [4.78, 5) is 13.9. The second-order valence-corrected chi connectivity index (χ2v) is 7.09. The molecule has 1 aliphatic heterocycles. The van der Waals surface area contributed by atoms with E-state index in [-0.39, 0.29) is 5.97 Å². The van der Waals surface area contributed by atoms with Crippen LogP contribution in [0.4, 0.5) is 0 Å². The lowest BCUT2D eigenvalue weighted by Gasteiger charge is -2.49. The molecule has 1 heterocycles. The number of carbonyl (C=O) groups is 1. The van der Waals surface area contributed by atoms with Gasteiger partial charge in [-0.15, -0.1) is 0 Å². The zero-order chi connectivity index (χ0) is 15.7. The van der Waals surface area contributed by atoms with Crippen molar-refractivity contribution in [1.82, 2.24) is 4.90 Å². The Hall–Kier alpha value is -1.55. The summed E-state index contributed by atoms with van der Waals surface area (Å²) in [5.74, 6) is 0.619. The summed E-state index contributed by atoms with van der Waals surface area (Å²) >= 11 is 0. The lowest BCUT2D eigenvalue weighted by Crippen LogP contribution is -2.57. The fourth-order valence-electron chi connectivity index (χ4n) is 4.08. The Bertz CT molecular complexity index is 563. The maximum absolute atomic E-state index is 11.5. The lowest BCUT2D eigenvalue weighted by atomic mass is 9.76. The first-order valence-electron chi connectivity index (χ1n) is 8.18. The Balaban J connectivity index is 1.48. The fourth-order valence-corrected chi connectivity index (χ4v) is 4.08. The van der Waals surface area contributed by atoms with Crippen molar-refractivity contribution in [2.24, 2.45) is 11.3 Å². The van der Waals surface area contributed by atoms with E-state index in [1.54, 1.807) is 6.07 Å². The summed E-state index contributed by atoms with van der Waals surface area (Å²) in [6.07, 6.45) is 2.69. The SMILES string of the molecule is CCOC(=O)CC(C)CN1CC2(Cc3ccc(O)cc3C2)C1. The van der Waals surface area contributed by atoms with Crippen LogP contribution in [0.2, 0.25) is 0 Å². The Kier molecular flexibility index (Phi) is 4.13. The molecule has 4 nitrogen and oxygen atoms in total. The zero-order valence-corrected chi connectivity index (χ0v) is 13.5. The molecule has 2 aliphatic rings. The van der Waals surface area contributed by atoms with E-state index >= 15 is 0 Å². The number of likely N-dealkylation sites (tertiary alicyclic amines) is 1. The fraction of sp³-hybridized carbons (Fsp3) is 0.611. The average Bonchev–Trinajstić information content (AvgIpc) is 2.76. The van der Waals surface area contributed by atoms with Crippen molar-refractivity contribution in [3.63, 3.8) is 0 Å². The van der Waals surface area contributed by atoms with Crippen LogP contribution >= 0.6 is 0 Å². The maximum atomic E-state index is 11.5. The van der Waals surface area contributed by atoms with Crippen molar-refractivity contribution in [2.75, 3.05) is 26.2 Å². The number of phenols is 1. The second kappa shape index (κ2) is 5.92. The first kappa shape index (κ1) is 15.3. The van der Waals surface area contributed by atoms with Crippen molar-refractivity contribution in [3.05, 3.63) is 29.3 Å². The van der Waals surface area contributed by atoms with Crippen LogP contribution in [0.15, 0.2) is 18.2 Å². The maximum Gasteiger partial charge on any atom is 0.306 e. The highest BCUT2D eigenvalue weighted by molar-refractivity contribution is 5.69. The van der Waals surface area contributed by atoms with E-state index in [0.29, 0.717) is 30.1 Å². The molecule has 120 valence electrons. The number of benzene rings is 1. The Labute approximate surface area is 132 Å². The normalized spacial score (nSPS) is 20.5. The van der Waals surface area contributed by atoms with Gasteiger partial charge in [0.2, 0.25) is 0 Å². The predicted octanol–water partition coefficient (Wildman–Crippen LogP) is 2.38. The lowest BCUT2D eigenvalue weighted by molar-refractivity contribution is -0.144. The number of nitrogens with zero attached hydrogens (tertiary/aromatic N) is 1. The van der Waals surface area contributed by atoms with Gasteiger partial charge in [0.05, 0.1) is 6.61 Å². The Morgan fingerprint density at radius 3 is 2.82 bits per heavy atom. The van der Waals surface area contributed by atoms with Crippen LogP contribution in [0.5, 0.6) is 5.75 Å². The molecular weight excluding hydrogens is 278 g/mol. The number of rotatable bonds is 5. The van der Waals surface area contributed by atoms with E-state index in [2.05, 4.69) is 17.9 Å². The monoisotopic (exact) mass is 303 g/mol. The van der Waals surface area contributed by atoms with Crippen LogP contribution in [-0.4, -0.2) is 42.2 Å². The van der Waals surface area contributed by atoms with Crippen LogP contribution in [0.25, 0.3) is 0 Å². The molecule has 1 spiro atoms. The van der Waals surface area contributed by atoms with Gasteiger partial charge in [-0.05, 0) is 48.9 Å². The Morgan fingerprint density at radius 1 is 1.36 bits per heavy atom. The van der Waals surface area contributed by atoms with Crippen LogP contribution in [0.3, 0.4) is 0 Å². The molecule has 1 saturated heterocycles. The molecule has 1 aliphatic carbocycles. The van der Waals surface area contributed by atoms with Gasteiger partial charge in [-0.1, -0.05) is 13.0 Å². The molecule has 1 aromatic carbocycles. The second-order valence-electron chi connectivity index (χ2n) is 7.09. The molecule has 1 N–H and O–H groups in total. The zero-order valence-electron chi connectivity index (χ0n) is 13.5. The van der Waals surface area contributed by atoms with E-state index in [1.807, 2.05) is 13.0 Å². The number of fused-ring (bicyclic) bond motifs is 1. The molecule has 4 heteroatoms. The molecule has 0 aromatic heterocycles. The minimum Gasteiger partial charge on any atom is -0.508 e. The molecule has 0 bridgehead atoms. The molecular formula is C18H25NO3. The number of phenolic OH excluding ortho intramolecular Hbond substituents is 1. The summed E-state index contributed by atoms with van der Waals surface area (Å²) < 4.78 is 5.01. The van der Waals surface area contributed by atoms with Crippen LogP contribution in [-0.2, 0) is 22.4 Å². The molecule has 0 radical (unpaired) electrons. The number of carbonyl (C=O) groups excluding carboxylic acids is 1. The van der Waals surface area contributed by atoms with Gasteiger partial charge >= 0.3 is 5.97 Å². The predicted molar refractivity (Wildman–Crippen MR) is 84.8 cm³/mol. The van der Waals surface area contributed by atoms with E-state index in [4.69, 9.17) is 4.74 Å². The quantitative estimate of drug-likeness (QED) is 0.849. The van der Waals surface area contributed by atoms with Crippen LogP contribution < -0.4 is 0 Å². The number of esters is 1. The number of hydrogen-bond donors (Lipinski definition) is 1. The molecule has 3 rings (SSSR count). The summed E-state index contributed by atoms with van der Waals surface area (Å²) in [5, 5.41) is 9.60. The Morgan fingerprint density at radius 2 is 2.09 bits per heavy atom. The third-order valence-electron chi connectivity index (χ3n) is 4.83. The van der Waals surface area contributed by atoms with E-state index in [9.17, 15) is 9.90 Å². The topological polar surface area (TPSA) is 49.8 Å². The third kappa shape index (κ3) is 3.12. The van der Waals surface area contributed by atoms with Crippen LogP contribution in [0, 0.1) is 11.3 Å². The number of ether oxygens (including phenoxy) is 1. The van der Waals surface area contributed by atoms with Gasteiger partial charge in [0.1, 0.15) is 5.75 Å². The molecule has 1 aromatic rings. The van der Waals surface area contributed by atoms with Crippen molar-refractivity contribution in [2.45, 2.75) is 33.1 Å². The van der Waals surface area contributed by atoms with Gasteiger partial charge in [0, 0.05) is 31.5 Å². The van der Waals surface area contributed by atoms with Gasteiger partial charge in [0.25, 0.3) is 0 Å². The average molecular weight is 303 g/mol. The third-order valence-corrected chi connectivity index (χ3v) is 4.83. The van der Waals surface area contributed by atoms with Gasteiger partial charge in [0.15, 0.2) is 0 Å². The van der Waals surface area contributed by atoms with E-state index in [1.165, 1.54) is 11.1 Å². The highest BCUT2D eigenvalue weighted by Crippen LogP contribution is 2.44. The van der Waals surface area contributed by atoms with Gasteiger partial charge in [-0.3, -0.25) is 4.79 Å². The number of hydrogen-bond acceptors (Lipinski definition) is 4. The van der Waals surface area contributed by atoms with Gasteiger partial charge in [-0.25, -0.2) is 0 Å². The van der Waals surface area contributed by atoms with E-state index in [0.717, 1.165) is 32.5 Å². The molecule has 0 saturated carbocycles. The van der Waals surface area contributed by atoms with Crippen molar-refractivity contribution >= 4 is 5.97 Å². The van der Waals surface area contributed by atoms with Gasteiger partial charge in [-0.2, -0.15) is 0 Å². The first-order valence-corrected chi connectivity index (χ1v) is 8.18. The molecule has 1 atom stereocenters. The highest BCUT2D eigenvalue weighted by Gasteiger charge is 2.46. The minimum atomic E-state index is -0.0889. The summed E-state index contributed by atoms with van der Waals surface area (Å²) in [7, 11) is 0. The van der Waals surface area contributed by atoms with Crippen molar-refractivity contribution in [1.29, 1.82) is 0 Å². The van der Waals surface area contributed by atoms with Crippen LogP contribution in [0.1, 0.15) is 31.4 Å². The smallest absolute Gasteiger partial charge is 0.306 e. The highest BCUT2D eigenvalue weighted by atomic mass is 16.5. The van der Waals surface area contributed by atoms with Crippen molar-refractivity contribution in [3.8, 4) is 5.75 Å². The summed E-state index contributed by atoms with van der Waals surface area (Å²) in [6.45, 7) is 7.57. The summed E-state index contributed by atoms with van der Waals surface area (Å²) in [6, 6.07) is 5.76. The standard InChI is InChI=1S/C18H25NO3/c1-3-22-17(21)6-13(2)10-19-11-18(12-19)8-14-4-5-16(20)7-15(14)9-18/h4-5,7,13,20H,3,6,8-12H2,1-2H3. The summed E-state index contributed by atoms with van der Waals surface area (Å²) in [5.41, 5.74) is 3.05. The van der Waals surface area contributed by atoms with Crippen molar-refractivity contribution < 1.29 is 14.6 Å². The first-order chi connectivity index (χ1) is 10.5. The van der Waals surface area contributed by atoms with E-state index < -0.39 is 0 Å². The van der Waals surface area contributed by atoms with Gasteiger partial charge < -0.3 is 14.7 Å². The molecule has 1 unspecified atom stereocenters. The largest absolute Gasteiger partial charge is 0.508 e. The minimum absolute atomic E-state index is 0.0889. The molecule has 22 heavy (non-hydrogen) atoms. The molecule has 0 amide bonds. The number of aromatic hydroxyl groups is 1.